The number of carbonyl (C=O) groups excluding carboxylic acids is 2. The lowest BCUT2D eigenvalue weighted by molar-refractivity contribution is -0.139. The molecule has 5 heteroatoms. The lowest BCUT2D eigenvalue weighted by Crippen LogP contribution is -2.51. The van der Waals surface area contributed by atoms with Gasteiger partial charge in [0.05, 0.1) is 0 Å². The van der Waals surface area contributed by atoms with Crippen LogP contribution in [0.15, 0.2) is 60.7 Å². The van der Waals surface area contributed by atoms with Gasteiger partial charge < -0.3 is 14.8 Å². The van der Waals surface area contributed by atoms with Gasteiger partial charge in [-0.2, -0.15) is 0 Å². The predicted molar refractivity (Wildman–Crippen MR) is 143 cm³/mol. The van der Waals surface area contributed by atoms with Crippen LogP contribution in [0.2, 0.25) is 0 Å². The highest BCUT2D eigenvalue weighted by Crippen LogP contribution is 2.36. The van der Waals surface area contributed by atoms with Crippen LogP contribution in [0.5, 0.6) is 0 Å². The summed E-state index contributed by atoms with van der Waals surface area (Å²) in [6, 6.07) is 17.1. The Morgan fingerprint density at radius 3 is 2.29 bits per heavy atom. The Hall–Kier alpha value is -3.34. The Labute approximate surface area is 208 Å². The third-order valence-electron chi connectivity index (χ3n) is 6.65. The van der Waals surface area contributed by atoms with E-state index in [4.69, 9.17) is 0 Å². The highest BCUT2D eigenvalue weighted by Gasteiger charge is 2.37. The molecule has 2 amide bonds. The third-order valence-corrected chi connectivity index (χ3v) is 6.65. The number of nitrogens with zero attached hydrogens (tertiary/aromatic N) is 2. The van der Waals surface area contributed by atoms with Gasteiger partial charge in [0.25, 0.3) is 0 Å². The van der Waals surface area contributed by atoms with Gasteiger partial charge in [-0.15, -0.1) is 0 Å². The summed E-state index contributed by atoms with van der Waals surface area (Å²) in [5.74, 6) is -0.311. The molecule has 0 saturated heterocycles. The molecular weight excluding hydrogens is 434 g/mol. The van der Waals surface area contributed by atoms with Crippen molar-refractivity contribution < 1.29 is 9.59 Å². The van der Waals surface area contributed by atoms with E-state index in [-0.39, 0.29) is 17.2 Å². The molecule has 4 rings (SSSR count). The van der Waals surface area contributed by atoms with Crippen LogP contribution in [0.25, 0.3) is 16.5 Å². The molecule has 1 aliphatic rings. The first-order chi connectivity index (χ1) is 16.4. The highest BCUT2D eigenvalue weighted by molar-refractivity contribution is 6.02. The van der Waals surface area contributed by atoms with Crippen LogP contribution >= 0.6 is 0 Å². The number of nitrogens with one attached hydrogen (secondary N) is 1. The number of carbonyl (C=O) groups is 2. The summed E-state index contributed by atoms with van der Waals surface area (Å²) >= 11 is 0. The van der Waals surface area contributed by atoms with Gasteiger partial charge in [-0.25, -0.2) is 0 Å². The molecule has 1 unspecified atom stereocenters. The van der Waals surface area contributed by atoms with Crippen molar-refractivity contribution in [2.24, 2.45) is 12.5 Å². The number of fused-ring (bicyclic) bond motifs is 3. The third kappa shape index (κ3) is 5.04. The average molecular weight is 472 g/mol. The van der Waals surface area contributed by atoms with Crippen LogP contribution in [0.4, 0.5) is 0 Å². The first kappa shape index (κ1) is 24.8. The second-order valence-electron chi connectivity index (χ2n) is 11.6. The zero-order valence-electron chi connectivity index (χ0n) is 22.0. The van der Waals surface area contributed by atoms with E-state index in [0.29, 0.717) is 6.54 Å². The molecule has 0 radical (unpaired) electrons. The molecule has 0 bridgehead atoms. The van der Waals surface area contributed by atoms with Gasteiger partial charge in [0, 0.05) is 47.4 Å². The van der Waals surface area contributed by atoms with Gasteiger partial charge >= 0.3 is 0 Å². The number of allylic oxidation sites excluding steroid dienone is 1. The molecule has 0 aliphatic carbocycles. The highest BCUT2D eigenvalue weighted by atomic mass is 16.2. The van der Waals surface area contributed by atoms with Crippen LogP contribution in [-0.4, -0.2) is 26.8 Å². The molecule has 35 heavy (non-hydrogen) atoms. The Morgan fingerprint density at radius 2 is 1.63 bits per heavy atom. The van der Waals surface area contributed by atoms with E-state index in [1.165, 1.54) is 0 Å². The average Bonchev–Trinajstić information content (AvgIpc) is 2.96. The summed E-state index contributed by atoms with van der Waals surface area (Å²) in [5.41, 5.74) is 4.58. The number of hydrogen-bond acceptors (Lipinski definition) is 2. The van der Waals surface area contributed by atoms with Crippen LogP contribution in [0.3, 0.4) is 0 Å². The van der Waals surface area contributed by atoms with Crippen molar-refractivity contribution in [3.05, 3.63) is 77.5 Å². The van der Waals surface area contributed by atoms with Gasteiger partial charge in [-0.3, -0.25) is 9.59 Å². The summed E-state index contributed by atoms with van der Waals surface area (Å²) in [4.78, 5) is 29.3. The maximum atomic E-state index is 13.9. The largest absolute Gasteiger partial charge is 0.349 e. The second-order valence-corrected chi connectivity index (χ2v) is 11.6. The summed E-state index contributed by atoms with van der Waals surface area (Å²) in [5, 5.41) is 4.38. The quantitative estimate of drug-likeness (QED) is 0.496. The number of hydrogen-bond donors (Lipinski definition) is 1. The summed E-state index contributed by atoms with van der Waals surface area (Å²) in [7, 11) is 2.04. The van der Waals surface area contributed by atoms with Crippen molar-refractivity contribution in [3.63, 3.8) is 0 Å². The molecular formula is C30H37N3O2. The van der Waals surface area contributed by atoms with Crippen molar-refractivity contribution >= 4 is 28.3 Å². The minimum absolute atomic E-state index is 0.0507. The summed E-state index contributed by atoms with van der Waals surface area (Å²) in [6.07, 6.45) is 2.49. The standard InChI is InChI=1S/C30H37N3O2/c1-20-17-25(34)33(18-23-22-15-11-12-16-24(22)32(7)26(20)23)27(21-13-9-8-10-14-21)28(35)31-30(5,6)19-29(2,3)4/h8-17,27H,18-19H2,1-7H3,(H,31,35). The molecule has 2 aromatic carbocycles. The molecule has 1 atom stereocenters. The van der Waals surface area contributed by atoms with E-state index in [2.05, 4.69) is 56.6 Å². The number of aromatic nitrogens is 1. The molecule has 0 saturated carbocycles. The maximum absolute atomic E-state index is 13.9. The number of amides is 2. The van der Waals surface area contributed by atoms with Gasteiger partial charge in [-0.05, 0) is 49.8 Å². The van der Waals surface area contributed by atoms with E-state index in [9.17, 15) is 9.59 Å². The van der Waals surface area contributed by atoms with Gasteiger partial charge in [0.2, 0.25) is 11.8 Å². The van der Waals surface area contributed by atoms with Gasteiger partial charge in [0.15, 0.2) is 0 Å². The van der Waals surface area contributed by atoms with Crippen LogP contribution in [0.1, 0.15) is 70.8 Å². The van der Waals surface area contributed by atoms with E-state index < -0.39 is 11.6 Å². The smallest absolute Gasteiger partial charge is 0.248 e. The molecule has 2 heterocycles. The van der Waals surface area contributed by atoms with Crippen LogP contribution in [-0.2, 0) is 23.2 Å². The molecule has 1 aliphatic heterocycles. The minimum Gasteiger partial charge on any atom is -0.349 e. The zero-order valence-corrected chi connectivity index (χ0v) is 22.0. The van der Waals surface area contributed by atoms with E-state index in [1.807, 2.05) is 56.4 Å². The fraction of sp³-hybridized carbons (Fsp3) is 0.400. The van der Waals surface area contributed by atoms with Crippen molar-refractivity contribution in [1.29, 1.82) is 0 Å². The first-order valence-electron chi connectivity index (χ1n) is 12.3. The molecule has 1 N–H and O–H groups in total. The Bertz CT molecular complexity index is 1290. The summed E-state index contributed by atoms with van der Waals surface area (Å²) in [6.45, 7) is 12.9. The Morgan fingerprint density at radius 1 is 1.00 bits per heavy atom. The number of para-hydroxylation sites is 1. The molecule has 0 fully saturated rings. The fourth-order valence-corrected chi connectivity index (χ4v) is 5.82. The molecule has 3 aromatic rings. The second kappa shape index (κ2) is 9.03. The maximum Gasteiger partial charge on any atom is 0.248 e. The minimum atomic E-state index is -0.739. The van der Waals surface area contributed by atoms with Crippen molar-refractivity contribution in [2.45, 2.75) is 66.1 Å². The van der Waals surface area contributed by atoms with Crippen molar-refractivity contribution in [3.8, 4) is 0 Å². The predicted octanol–water partition coefficient (Wildman–Crippen LogP) is 6.00. The van der Waals surface area contributed by atoms with Gasteiger partial charge in [0.1, 0.15) is 6.04 Å². The van der Waals surface area contributed by atoms with Crippen molar-refractivity contribution in [2.75, 3.05) is 0 Å². The van der Waals surface area contributed by atoms with Crippen LogP contribution in [0, 0.1) is 5.41 Å². The number of aryl methyl sites for hydroxylation is 1. The lowest BCUT2D eigenvalue weighted by Gasteiger charge is -2.37. The SMILES string of the molecule is CC1=CC(=O)N(C(C(=O)NC(C)(C)CC(C)(C)C)c2ccccc2)Cc2c1n(C)c1ccccc21. The first-order valence-corrected chi connectivity index (χ1v) is 12.3. The zero-order chi connectivity index (χ0) is 25.5. The van der Waals surface area contributed by atoms with E-state index in [0.717, 1.165) is 39.7 Å². The monoisotopic (exact) mass is 471 g/mol. The summed E-state index contributed by atoms with van der Waals surface area (Å²) < 4.78 is 2.15. The molecule has 5 nitrogen and oxygen atoms in total. The van der Waals surface area contributed by atoms with Gasteiger partial charge in [-0.1, -0.05) is 69.3 Å². The van der Waals surface area contributed by atoms with Crippen LogP contribution < -0.4 is 5.32 Å². The van der Waals surface area contributed by atoms with E-state index >= 15 is 0 Å². The fourth-order valence-electron chi connectivity index (χ4n) is 5.82. The molecule has 1 aromatic heterocycles. The topological polar surface area (TPSA) is 54.3 Å². The van der Waals surface area contributed by atoms with Crippen molar-refractivity contribution in [1.82, 2.24) is 14.8 Å². The normalized spacial score (nSPS) is 15.5. The molecule has 0 spiro atoms. The molecule has 184 valence electrons. The lowest BCUT2D eigenvalue weighted by atomic mass is 9.81. The number of rotatable bonds is 5. The van der Waals surface area contributed by atoms with E-state index in [1.54, 1.807) is 11.0 Å². The number of benzene rings is 2. The Balaban J connectivity index is 1.80. The Kier molecular flexibility index (Phi) is 6.39.